The van der Waals surface area contributed by atoms with Crippen molar-refractivity contribution in [2.45, 2.75) is 71.0 Å². The van der Waals surface area contributed by atoms with Gasteiger partial charge in [-0.15, -0.1) is 0 Å². The van der Waals surface area contributed by atoms with Crippen LogP contribution in [0.5, 0.6) is 5.75 Å². The Hall–Kier alpha value is -1.02. The number of rotatable bonds is 3. The molecule has 1 N–H and O–H groups in total. The molecule has 1 aromatic rings. The molecule has 0 spiro atoms. The highest BCUT2D eigenvalue weighted by Gasteiger charge is 2.38. The maximum atomic E-state index is 11.0. The first-order valence-corrected chi connectivity index (χ1v) is 8.36. The van der Waals surface area contributed by atoms with Gasteiger partial charge < -0.3 is 9.84 Å². The Morgan fingerprint density at radius 1 is 1.10 bits per heavy atom. The fraction of sp³-hybridized carbons (Fsp3) is 0.684. The Balaban J connectivity index is 1.71. The molecule has 0 atom stereocenters. The van der Waals surface area contributed by atoms with E-state index in [0.717, 1.165) is 37.0 Å². The van der Waals surface area contributed by atoms with Crippen molar-refractivity contribution in [1.29, 1.82) is 0 Å². The summed E-state index contributed by atoms with van der Waals surface area (Å²) >= 11 is 0. The molecule has 0 aliphatic heterocycles. The van der Waals surface area contributed by atoms with E-state index < -0.39 is 5.60 Å². The van der Waals surface area contributed by atoms with Gasteiger partial charge in [0, 0.05) is 0 Å². The average molecular weight is 288 g/mol. The van der Waals surface area contributed by atoms with E-state index in [0.29, 0.717) is 17.4 Å². The van der Waals surface area contributed by atoms with Crippen LogP contribution in [0.15, 0.2) is 24.3 Å². The van der Waals surface area contributed by atoms with Crippen molar-refractivity contribution >= 4 is 0 Å². The lowest BCUT2D eigenvalue weighted by Gasteiger charge is -2.41. The van der Waals surface area contributed by atoms with Crippen LogP contribution >= 0.6 is 0 Å². The van der Waals surface area contributed by atoms with Crippen LogP contribution in [0, 0.1) is 11.3 Å². The van der Waals surface area contributed by atoms with Crippen LogP contribution < -0.4 is 4.74 Å². The average Bonchev–Trinajstić information content (AvgIpc) is 3.22. The van der Waals surface area contributed by atoms with E-state index in [1.165, 1.54) is 12.8 Å². The maximum absolute atomic E-state index is 11.0. The SMILES string of the molecule is CC(C)(C)C1CCC(O)(c2cccc(OC3CC3)c2)CC1. The van der Waals surface area contributed by atoms with Crippen molar-refractivity contribution in [2.75, 3.05) is 0 Å². The molecule has 2 heteroatoms. The fourth-order valence-electron chi connectivity index (χ4n) is 3.49. The van der Waals surface area contributed by atoms with Crippen LogP contribution in [-0.2, 0) is 5.60 Å². The van der Waals surface area contributed by atoms with Gasteiger partial charge in [-0.3, -0.25) is 0 Å². The topological polar surface area (TPSA) is 29.5 Å². The highest BCUT2D eigenvalue weighted by molar-refractivity contribution is 5.33. The second kappa shape index (κ2) is 5.31. The highest BCUT2D eigenvalue weighted by Crippen LogP contribution is 2.46. The predicted octanol–water partition coefficient (Wildman–Crippen LogP) is 4.65. The monoisotopic (exact) mass is 288 g/mol. The van der Waals surface area contributed by atoms with Crippen molar-refractivity contribution in [2.24, 2.45) is 11.3 Å². The molecule has 21 heavy (non-hydrogen) atoms. The third kappa shape index (κ3) is 3.42. The summed E-state index contributed by atoms with van der Waals surface area (Å²) in [6.07, 6.45) is 6.68. The molecule has 0 heterocycles. The lowest BCUT2D eigenvalue weighted by Crippen LogP contribution is -2.35. The van der Waals surface area contributed by atoms with Crippen molar-refractivity contribution in [3.63, 3.8) is 0 Å². The van der Waals surface area contributed by atoms with Gasteiger partial charge in [-0.2, -0.15) is 0 Å². The first-order valence-electron chi connectivity index (χ1n) is 8.36. The molecule has 0 saturated heterocycles. The molecule has 0 radical (unpaired) electrons. The van der Waals surface area contributed by atoms with Crippen LogP contribution in [-0.4, -0.2) is 11.2 Å². The molecule has 2 nitrogen and oxygen atoms in total. The minimum atomic E-state index is -0.662. The number of hydrogen-bond donors (Lipinski definition) is 1. The molecular weight excluding hydrogens is 260 g/mol. The zero-order valence-electron chi connectivity index (χ0n) is 13.6. The minimum Gasteiger partial charge on any atom is -0.490 e. The van der Waals surface area contributed by atoms with Gasteiger partial charge in [-0.1, -0.05) is 32.9 Å². The summed E-state index contributed by atoms with van der Waals surface area (Å²) in [5, 5.41) is 11.0. The van der Waals surface area contributed by atoms with E-state index in [1.807, 2.05) is 12.1 Å². The molecule has 3 rings (SSSR count). The van der Waals surface area contributed by atoms with Crippen LogP contribution in [0.25, 0.3) is 0 Å². The molecule has 1 aromatic carbocycles. The van der Waals surface area contributed by atoms with Gasteiger partial charge in [0.25, 0.3) is 0 Å². The van der Waals surface area contributed by atoms with Gasteiger partial charge >= 0.3 is 0 Å². The van der Waals surface area contributed by atoms with Gasteiger partial charge in [-0.05, 0) is 67.6 Å². The summed E-state index contributed by atoms with van der Waals surface area (Å²) in [6.45, 7) is 6.93. The largest absolute Gasteiger partial charge is 0.490 e. The minimum absolute atomic E-state index is 0.345. The van der Waals surface area contributed by atoms with E-state index in [9.17, 15) is 5.11 Å². The lowest BCUT2D eigenvalue weighted by atomic mass is 9.67. The first-order chi connectivity index (χ1) is 9.87. The van der Waals surface area contributed by atoms with E-state index in [2.05, 4.69) is 32.9 Å². The number of hydrogen-bond acceptors (Lipinski definition) is 2. The van der Waals surface area contributed by atoms with Crippen molar-refractivity contribution in [3.8, 4) is 5.75 Å². The van der Waals surface area contributed by atoms with Crippen molar-refractivity contribution in [1.82, 2.24) is 0 Å². The van der Waals surface area contributed by atoms with Crippen LogP contribution in [0.1, 0.15) is 64.9 Å². The third-order valence-electron chi connectivity index (χ3n) is 5.24. The molecule has 2 aliphatic rings. The molecule has 0 amide bonds. The van der Waals surface area contributed by atoms with Crippen LogP contribution in [0.3, 0.4) is 0 Å². The Morgan fingerprint density at radius 3 is 2.33 bits per heavy atom. The molecule has 0 aromatic heterocycles. The summed E-state index contributed by atoms with van der Waals surface area (Å²) in [4.78, 5) is 0. The van der Waals surface area contributed by atoms with Gasteiger partial charge in [0.2, 0.25) is 0 Å². The quantitative estimate of drug-likeness (QED) is 0.877. The third-order valence-corrected chi connectivity index (χ3v) is 5.24. The van der Waals surface area contributed by atoms with Gasteiger partial charge in [0.05, 0.1) is 11.7 Å². The van der Waals surface area contributed by atoms with Crippen molar-refractivity contribution < 1.29 is 9.84 Å². The summed E-state index contributed by atoms with van der Waals surface area (Å²) in [6, 6.07) is 8.12. The summed E-state index contributed by atoms with van der Waals surface area (Å²) in [7, 11) is 0. The highest BCUT2D eigenvalue weighted by atomic mass is 16.5. The Kier molecular flexibility index (Phi) is 3.77. The summed E-state index contributed by atoms with van der Waals surface area (Å²) in [5.74, 6) is 1.63. The second-order valence-electron chi connectivity index (χ2n) is 8.02. The molecule has 2 saturated carbocycles. The maximum Gasteiger partial charge on any atom is 0.120 e. The molecule has 116 valence electrons. The Bertz CT molecular complexity index is 489. The van der Waals surface area contributed by atoms with E-state index in [-0.39, 0.29) is 0 Å². The molecule has 2 aliphatic carbocycles. The summed E-state index contributed by atoms with van der Waals surface area (Å²) < 4.78 is 5.87. The molecule has 0 unspecified atom stereocenters. The van der Waals surface area contributed by atoms with Crippen molar-refractivity contribution in [3.05, 3.63) is 29.8 Å². The van der Waals surface area contributed by atoms with E-state index in [4.69, 9.17) is 4.74 Å². The zero-order valence-corrected chi connectivity index (χ0v) is 13.6. The summed E-state index contributed by atoms with van der Waals surface area (Å²) in [5.41, 5.74) is 0.719. The molecule has 0 bridgehead atoms. The normalized spacial score (nSPS) is 30.2. The van der Waals surface area contributed by atoms with E-state index >= 15 is 0 Å². The van der Waals surface area contributed by atoms with Gasteiger partial charge in [-0.25, -0.2) is 0 Å². The first kappa shape index (κ1) is 14.9. The molecule has 2 fully saturated rings. The number of ether oxygens (including phenoxy) is 1. The zero-order chi connectivity index (χ0) is 15.1. The Labute approximate surface area is 128 Å². The predicted molar refractivity (Wildman–Crippen MR) is 85.4 cm³/mol. The Morgan fingerprint density at radius 2 is 1.76 bits per heavy atom. The number of benzene rings is 1. The van der Waals surface area contributed by atoms with Crippen LogP contribution in [0.2, 0.25) is 0 Å². The second-order valence-corrected chi connectivity index (χ2v) is 8.02. The smallest absolute Gasteiger partial charge is 0.120 e. The standard InChI is InChI=1S/C19H28O2/c1-18(2,3)14-9-11-19(20,12-10-14)15-5-4-6-17(13-15)21-16-7-8-16/h4-6,13-14,16,20H,7-12H2,1-3H3. The fourth-order valence-corrected chi connectivity index (χ4v) is 3.49. The lowest BCUT2D eigenvalue weighted by molar-refractivity contribution is -0.0299. The van der Waals surface area contributed by atoms with Gasteiger partial charge in [0.1, 0.15) is 5.75 Å². The van der Waals surface area contributed by atoms with Crippen LogP contribution in [0.4, 0.5) is 0 Å². The number of aliphatic hydroxyl groups is 1. The van der Waals surface area contributed by atoms with E-state index in [1.54, 1.807) is 0 Å². The molecular formula is C19H28O2. The van der Waals surface area contributed by atoms with Gasteiger partial charge in [0.15, 0.2) is 0 Å².